The minimum atomic E-state index is -3.94. The zero-order valence-corrected chi connectivity index (χ0v) is 21.8. The highest BCUT2D eigenvalue weighted by Crippen LogP contribution is 2.27. The molecule has 0 spiro atoms. The van der Waals surface area contributed by atoms with Crippen molar-refractivity contribution in [2.75, 3.05) is 20.2 Å². The molecule has 2 aromatic heterocycles. The maximum atomic E-state index is 13.0. The van der Waals surface area contributed by atoms with Crippen LogP contribution in [0.15, 0.2) is 49.8 Å². The zero-order chi connectivity index (χ0) is 25.4. The quantitative estimate of drug-likeness (QED) is 0.444. The Bertz CT molecular complexity index is 1550. The molecule has 0 unspecified atom stereocenters. The number of primary sulfonamides is 1. The third-order valence-electron chi connectivity index (χ3n) is 5.60. The summed E-state index contributed by atoms with van der Waals surface area (Å²) in [6.07, 6.45) is 0.620. The maximum absolute atomic E-state index is 13.0. The maximum Gasteiger partial charge on any atom is 0.325 e. The van der Waals surface area contributed by atoms with Gasteiger partial charge in [-0.05, 0) is 42.5 Å². The summed E-state index contributed by atoms with van der Waals surface area (Å²) in [6.45, 7) is 0.158. The van der Waals surface area contributed by atoms with Crippen LogP contribution in [0.5, 0.6) is 0 Å². The minimum absolute atomic E-state index is 0.103. The van der Waals surface area contributed by atoms with Gasteiger partial charge in [0.25, 0.3) is 15.9 Å². The van der Waals surface area contributed by atoms with Crippen molar-refractivity contribution < 1.29 is 31.2 Å². The van der Waals surface area contributed by atoms with Gasteiger partial charge in [-0.2, -0.15) is 9.30 Å². The highest BCUT2D eigenvalue weighted by Gasteiger charge is 2.32. The van der Waals surface area contributed by atoms with Gasteiger partial charge in [-0.3, -0.25) is 9.59 Å². The number of hydrogen-bond acceptors (Lipinski definition) is 9. The van der Waals surface area contributed by atoms with Crippen molar-refractivity contribution in [3.8, 4) is 0 Å². The summed E-state index contributed by atoms with van der Waals surface area (Å²) in [7, 11) is -6.30. The summed E-state index contributed by atoms with van der Waals surface area (Å²) in [6, 6.07) is 7.39. The Morgan fingerprint density at radius 1 is 1.17 bits per heavy atom. The topological polar surface area (TPSA) is 158 Å². The molecule has 0 atom stereocenters. The van der Waals surface area contributed by atoms with Crippen LogP contribution in [0.4, 0.5) is 0 Å². The monoisotopic (exact) mass is 558 g/mol. The molecule has 35 heavy (non-hydrogen) atoms. The molecule has 1 fully saturated rings. The minimum Gasteiger partial charge on any atom is -0.468 e. The molecule has 1 saturated heterocycles. The van der Waals surface area contributed by atoms with Crippen molar-refractivity contribution in [2.45, 2.75) is 28.5 Å². The van der Waals surface area contributed by atoms with Gasteiger partial charge in [0.2, 0.25) is 10.0 Å². The summed E-state index contributed by atoms with van der Waals surface area (Å²) < 4.78 is 57.2. The van der Waals surface area contributed by atoms with E-state index in [0.717, 1.165) is 22.7 Å². The number of hydrogen-bond donors (Lipinski definition) is 1. The first kappa shape index (κ1) is 25.7. The summed E-state index contributed by atoms with van der Waals surface area (Å²) in [5.41, 5.74) is 0.496. The molecule has 1 aliphatic heterocycles. The van der Waals surface area contributed by atoms with Crippen LogP contribution in [-0.4, -0.2) is 57.8 Å². The van der Waals surface area contributed by atoms with Gasteiger partial charge in [0.1, 0.15) is 10.8 Å². The van der Waals surface area contributed by atoms with E-state index in [2.05, 4.69) is 4.99 Å². The van der Waals surface area contributed by atoms with E-state index in [1.165, 1.54) is 34.2 Å². The number of nitrogens with two attached hydrogens (primary N) is 1. The van der Waals surface area contributed by atoms with Crippen molar-refractivity contribution in [1.82, 2.24) is 8.87 Å². The third-order valence-corrected chi connectivity index (χ3v) is 10.8. The number of carbonyl (C=O) groups is 2. The number of aromatic nitrogens is 1. The van der Waals surface area contributed by atoms with Crippen molar-refractivity contribution in [2.24, 2.45) is 16.0 Å². The fourth-order valence-corrected chi connectivity index (χ4v) is 8.03. The number of fused-ring (bicyclic) bond motifs is 1. The number of rotatable bonds is 6. The molecule has 11 nitrogen and oxygen atoms in total. The van der Waals surface area contributed by atoms with E-state index >= 15 is 0 Å². The lowest BCUT2D eigenvalue weighted by Crippen LogP contribution is -2.40. The van der Waals surface area contributed by atoms with Crippen LogP contribution in [-0.2, 0) is 40.9 Å². The highest BCUT2D eigenvalue weighted by atomic mass is 32.2. The smallest absolute Gasteiger partial charge is 0.325 e. The first-order valence-corrected chi connectivity index (χ1v) is 15.0. The number of benzene rings is 1. The third kappa shape index (κ3) is 5.39. The predicted octanol–water partition coefficient (Wildman–Crippen LogP) is 1.11. The summed E-state index contributed by atoms with van der Waals surface area (Å²) in [5.74, 6) is -1.49. The molecular formula is C20H22N4O7S4. The van der Waals surface area contributed by atoms with Gasteiger partial charge in [0, 0.05) is 19.0 Å². The Hall–Kier alpha value is -2.43. The lowest BCUT2D eigenvalue weighted by atomic mass is 9.98. The van der Waals surface area contributed by atoms with E-state index in [1.54, 1.807) is 17.5 Å². The summed E-state index contributed by atoms with van der Waals surface area (Å²) >= 11 is 2.19. The normalized spacial score (nSPS) is 16.6. The molecule has 0 radical (unpaired) electrons. The summed E-state index contributed by atoms with van der Waals surface area (Å²) in [4.78, 5) is 29.3. The van der Waals surface area contributed by atoms with Crippen molar-refractivity contribution in [3.05, 3.63) is 40.5 Å². The molecule has 0 aliphatic carbocycles. The van der Waals surface area contributed by atoms with Gasteiger partial charge in [-0.1, -0.05) is 17.4 Å². The average molecular weight is 559 g/mol. The molecule has 1 aliphatic rings. The van der Waals surface area contributed by atoms with Crippen molar-refractivity contribution in [1.29, 1.82) is 0 Å². The second-order valence-electron chi connectivity index (χ2n) is 7.78. The van der Waals surface area contributed by atoms with Crippen LogP contribution >= 0.6 is 22.7 Å². The first-order valence-electron chi connectivity index (χ1n) is 10.4. The van der Waals surface area contributed by atoms with Gasteiger partial charge < -0.3 is 9.30 Å². The average Bonchev–Trinajstić information content (AvgIpc) is 3.47. The lowest BCUT2D eigenvalue weighted by Gasteiger charge is -2.29. The van der Waals surface area contributed by atoms with Crippen LogP contribution in [0, 0.1) is 5.92 Å². The second kappa shape index (κ2) is 9.91. The molecule has 15 heteroatoms. The van der Waals surface area contributed by atoms with E-state index in [9.17, 15) is 26.4 Å². The Morgan fingerprint density at radius 2 is 1.89 bits per heavy atom. The molecule has 188 valence electrons. The standard InChI is InChI=1S/C20H22N4O7S4/c1-31-17(25)12-24-15-5-4-14(34(21,27)28)11-16(15)33-20(24)22-19(26)13-6-8-23(9-7-13)35(29,30)18-3-2-10-32-18/h2-5,10-11,13H,6-9,12H2,1H3,(H2,21,27,28). The Kier molecular flexibility index (Phi) is 7.26. The molecule has 1 aromatic carbocycles. The van der Waals surface area contributed by atoms with E-state index in [-0.39, 0.29) is 33.5 Å². The number of thiazole rings is 1. The van der Waals surface area contributed by atoms with E-state index in [4.69, 9.17) is 9.88 Å². The van der Waals surface area contributed by atoms with Crippen LogP contribution < -0.4 is 9.94 Å². The van der Waals surface area contributed by atoms with Gasteiger partial charge in [-0.25, -0.2) is 22.0 Å². The predicted molar refractivity (Wildman–Crippen MR) is 130 cm³/mol. The summed E-state index contributed by atoms with van der Waals surface area (Å²) in [5, 5.41) is 6.92. The molecule has 3 aromatic rings. The largest absolute Gasteiger partial charge is 0.468 e. The molecule has 3 heterocycles. The SMILES string of the molecule is COC(=O)Cn1c(=NC(=O)C2CCN(S(=O)(=O)c3cccs3)CC2)sc2cc(S(N)(=O)=O)ccc21. The number of sulfonamides is 2. The molecule has 4 rings (SSSR count). The molecule has 1 amide bonds. The van der Waals surface area contributed by atoms with Crippen LogP contribution in [0.3, 0.4) is 0 Å². The molecule has 0 saturated carbocycles. The molecular weight excluding hydrogens is 537 g/mol. The van der Waals surface area contributed by atoms with Crippen LogP contribution in [0.1, 0.15) is 12.8 Å². The molecule has 0 bridgehead atoms. The van der Waals surface area contributed by atoms with Gasteiger partial charge >= 0.3 is 5.97 Å². The Morgan fingerprint density at radius 3 is 2.49 bits per heavy atom. The highest BCUT2D eigenvalue weighted by molar-refractivity contribution is 7.91. The Labute approximate surface area is 209 Å². The first-order chi connectivity index (χ1) is 16.5. The number of esters is 1. The number of ether oxygens (including phenoxy) is 1. The molecule has 2 N–H and O–H groups in total. The second-order valence-corrected chi connectivity index (χ2v) is 13.5. The number of methoxy groups -OCH3 is 1. The number of piperidine rings is 1. The zero-order valence-electron chi connectivity index (χ0n) is 18.5. The van der Waals surface area contributed by atoms with E-state index < -0.39 is 37.8 Å². The fraction of sp³-hybridized carbons (Fsp3) is 0.350. The van der Waals surface area contributed by atoms with Gasteiger partial charge in [-0.15, -0.1) is 11.3 Å². The van der Waals surface area contributed by atoms with Gasteiger partial charge in [0.15, 0.2) is 4.80 Å². The van der Waals surface area contributed by atoms with Crippen molar-refractivity contribution >= 4 is 64.8 Å². The van der Waals surface area contributed by atoms with E-state index in [0.29, 0.717) is 23.1 Å². The number of nitrogens with zero attached hydrogens (tertiary/aromatic N) is 3. The number of thiophene rings is 1. The fourth-order valence-electron chi connectivity index (χ4n) is 3.73. The van der Waals surface area contributed by atoms with Crippen LogP contribution in [0.25, 0.3) is 10.2 Å². The van der Waals surface area contributed by atoms with E-state index in [1.807, 2.05) is 0 Å². The number of amides is 1. The van der Waals surface area contributed by atoms with Gasteiger partial charge in [0.05, 0.1) is 22.2 Å². The lowest BCUT2D eigenvalue weighted by molar-refractivity contribution is -0.141. The Balaban J connectivity index is 1.62. The van der Waals surface area contributed by atoms with Crippen LogP contribution in [0.2, 0.25) is 0 Å². The van der Waals surface area contributed by atoms with Crippen molar-refractivity contribution in [3.63, 3.8) is 0 Å². The number of carbonyl (C=O) groups excluding carboxylic acids is 2.